The van der Waals surface area contributed by atoms with E-state index in [1.165, 1.54) is 142 Å². The van der Waals surface area contributed by atoms with Crippen LogP contribution in [0.3, 0.4) is 0 Å². The summed E-state index contributed by atoms with van der Waals surface area (Å²) in [7, 11) is 0. The number of unbranched alkanes of at least 4 members (excludes halogenated alkanes) is 16. The van der Waals surface area contributed by atoms with Gasteiger partial charge in [0.1, 0.15) is 12.4 Å². The van der Waals surface area contributed by atoms with Crippen LogP contribution in [0.25, 0.3) is 0 Å². The SMILES string of the molecule is CCCCCCCCCCCCCCCCCC[n+]1ccn(CC(CC)CCCC)c1.[Cl-]. The summed E-state index contributed by atoms with van der Waals surface area (Å²) in [6, 6.07) is 0. The van der Waals surface area contributed by atoms with Gasteiger partial charge in [-0.2, -0.15) is 0 Å². The molecule has 1 atom stereocenters. The predicted molar refractivity (Wildman–Crippen MR) is 137 cm³/mol. The smallest absolute Gasteiger partial charge is 0.243 e. The molecule has 0 bridgehead atoms. The number of halogens is 1. The van der Waals surface area contributed by atoms with Gasteiger partial charge in [-0.15, -0.1) is 0 Å². The highest BCUT2D eigenvalue weighted by Gasteiger charge is 2.11. The molecule has 0 saturated heterocycles. The van der Waals surface area contributed by atoms with E-state index < -0.39 is 0 Å². The average Bonchev–Trinajstić information content (AvgIpc) is 3.23. The van der Waals surface area contributed by atoms with Gasteiger partial charge in [0.05, 0.1) is 13.1 Å². The van der Waals surface area contributed by atoms with Crippen LogP contribution in [0.2, 0.25) is 0 Å². The van der Waals surface area contributed by atoms with Crippen molar-refractivity contribution < 1.29 is 17.0 Å². The van der Waals surface area contributed by atoms with Gasteiger partial charge in [0.2, 0.25) is 6.33 Å². The lowest BCUT2D eigenvalue weighted by Gasteiger charge is -2.11. The first kappa shape index (κ1) is 31.5. The molecule has 0 fully saturated rings. The molecular weight excluding hydrogens is 412 g/mol. The second-order valence-corrected chi connectivity index (χ2v) is 10.1. The minimum atomic E-state index is 0. The molecule has 0 saturated carbocycles. The molecule has 0 aliphatic heterocycles. The number of aryl methyl sites for hydroxylation is 1. The fraction of sp³-hybridized carbons (Fsp3) is 0.897. The Hall–Kier alpha value is -0.500. The average molecular weight is 469 g/mol. The predicted octanol–water partition coefficient (Wildman–Crippen LogP) is 6.26. The number of aromatic nitrogens is 2. The van der Waals surface area contributed by atoms with Crippen molar-refractivity contribution in [3.05, 3.63) is 18.7 Å². The van der Waals surface area contributed by atoms with Gasteiger partial charge in [-0.25, -0.2) is 9.13 Å². The molecule has 0 aliphatic carbocycles. The molecular formula is C29H57ClN2. The van der Waals surface area contributed by atoms with E-state index in [1.807, 2.05) is 0 Å². The van der Waals surface area contributed by atoms with Crippen LogP contribution in [0.1, 0.15) is 149 Å². The van der Waals surface area contributed by atoms with Gasteiger partial charge in [-0.1, -0.05) is 124 Å². The maximum Gasteiger partial charge on any atom is 0.243 e. The molecule has 2 nitrogen and oxygen atoms in total. The summed E-state index contributed by atoms with van der Waals surface area (Å²) >= 11 is 0. The van der Waals surface area contributed by atoms with Gasteiger partial charge in [0.15, 0.2) is 0 Å². The first-order valence-electron chi connectivity index (χ1n) is 14.3. The van der Waals surface area contributed by atoms with Crippen molar-refractivity contribution in [1.29, 1.82) is 0 Å². The topological polar surface area (TPSA) is 8.81 Å². The van der Waals surface area contributed by atoms with Gasteiger partial charge >= 0.3 is 0 Å². The highest BCUT2D eigenvalue weighted by molar-refractivity contribution is 4.69. The Morgan fingerprint density at radius 3 is 1.56 bits per heavy atom. The Balaban J connectivity index is 0.00000961. The van der Waals surface area contributed by atoms with E-state index in [1.54, 1.807) is 0 Å². The van der Waals surface area contributed by atoms with Gasteiger partial charge in [-0.3, -0.25) is 0 Å². The largest absolute Gasteiger partial charge is 1.00 e. The van der Waals surface area contributed by atoms with Gasteiger partial charge in [-0.05, 0) is 31.6 Å². The van der Waals surface area contributed by atoms with Crippen LogP contribution < -0.4 is 17.0 Å². The minimum absolute atomic E-state index is 0. The maximum atomic E-state index is 2.41. The van der Waals surface area contributed by atoms with E-state index >= 15 is 0 Å². The third-order valence-corrected chi connectivity index (χ3v) is 7.03. The fourth-order valence-electron chi connectivity index (χ4n) is 4.74. The van der Waals surface area contributed by atoms with E-state index in [-0.39, 0.29) is 12.4 Å². The summed E-state index contributed by atoms with van der Waals surface area (Å²) in [5.74, 6) is 0.844. The summed E-state index contributed by atoms with van der Waals surface area (Å²) in [5.41, 5.74) is 0. The van der Waals surface area contributed by atoms with E-state index in [2.05, 4.69) is 48.6 Å². The van der Waals surface area contributed by atoms with Crippen LogP contribution in [0.15, 0.2) is 18.7 Å². The molecule has 0 aromatic carbocycles. The highest BCUT2D eigenvalue weighted by atomic mass is 35.5. The third kappa shape index (κ3) is 18.0. The summed E-state index contributed by atoms with van der Waals surface area (Å²) in [5, 5.41) is 0. The van der Waals surface area contributed by atoms with Crippen LogP contribution >= 0.6 is 0 Å². The Bertz CT molecular complexity index is 485. The molecule has 1 aromatic heterocycles. The van der Waals surface area contributed by atoms with E-state index in [4.69, 9.17) is 0 Å². The lowest BCUT2D eigenvalue weighted by Crippen LogP contribution is -3.00. The molecule has 0 amide bonds. The number of nitrogens with zero attached hydrogens (tertiary/aromatic N) is 2. The molecule has 0 aliphatic rings. The number of hydrogen-bond acceptors (Lipinski definition) is 0. The Morgan fingerprint density at radius 2 is 1.09 bits per heavy atom. The highest BCUT2D eigenvalue weighted by Crippen LogP contribution is 2.15. The third-order valence-electron chi connectivity index (χ3n) is 7.03. The van der Waals surface area contributed by atoms with E-state index in [0.29, 0.717) is 0 Å². The lowest BCUT2D eigenvalue weighted by molar-refractivity contribution is -0.697. The first-order chi connectivity index (χ1) is 15.3. The molecule has 1 rings (SSSR count). The zero-order valence-electron chi connectivity index (χ0n) is 22.1. The van der Waals surface area contributed by atoms with Crippen LogP contribution in [-0.4, -0.2) is 4.57 Å². The van der Waals surface area contributed by atoms with Crippen molar-refractivity contribution in [1.82, 2.24) is 4.57 Å². The number of rotatable bonds is 23. The minimum Gasteiger partial charge on any atom is -1.00 e. The van der Waals surface area contributed by atoms with Crippen LogP contribution in [0.4, 0.5) is 0 Å². The normalized spacial score (nSPS) is 12.1. The van der Waals surface area contributed by atoms with Crippen LogP contribution in [0.5, 0.6) is 0 Å². The Morgan fingerprint density at radius 1 is 0.625 bits per heavy atom. The summed E-state index contributed by atoms with van der Waals surface area (Å²) in [6.45, 7) is 9.33. The quantitative estimate of drug-likeness (QED) is 0.132. The van der Waals surface area contributed by atoms with Gasteiger partial charge in [0.25, 0.3) is 0 Å². The molecule has 0 N–H and O–H groups in total. The standard InChI is InChI=1S/C29H57N2.ClH/c1-4-7-9-10-11-12-13-14-15-16-17-18-19-20-21-22-24-30-25-26-31(28-30)27-29(6-3)23-8-5-2;/h25-26,28-29H,4-24,27H2,1-3H3;1H/q+1;/p-1. The molecule has 1 aromatic rings. The first-order valence-corrected chi connectivity index (χ1v) is 14.3. The Kier molecular flexibility index (Phi) is 23.3. The van der Waals surface area contributed by atoms with Crippen molar-refractivity contribution >= 4 is 0 Å². The summed E-state index contributed by atoms with van der Waals surface area (Å²) < 4.78 is 4.81. The molecule has 0 spiro atoms. The summed E-state index contributed by atoms with van der Waals surface area (Å²) in [6.07, 6.45) is 35.3. The second kappa shape index (κ2) is 23.7. The zero-order valence-corrected chi connectivity index (χ0v) is 22.9. The van der Waals surface area contributed by atoms with Crippen LogP contribution in [-0.2, 0) is 13.1 Å². The lowest BCUT2D eigenvalue weighted by atomic mass is 9.99. The van der Waals surface area contributed by atoms with Crippen LogP contribution in [0, 0.1) is 5.92 Å². The molecule has 1 unspecified atom stereocenters. The summed E-state index contributed by atoms with van der Waals surface area (Å²) in [4.78, 5) is 0. The van der Waals surface area contributed by atoms with Crippen molar-refractivity contribution in [2.24, 2.45) is 5.92 Å². The second-order valence-electron chi connectivity index (χ2n) is 10.1. The molecule has 0 radical (unpaired) electrons. The number of imidazole rings is 1. The molecule has 3 heteroatoms. The zero-order chi connectivity index (χ0) is 22.4. The van der Waals surface area contributed by atoms with E-state index in [0.717, 1.165) is 5.92 Å². The van der Waals surface area contributed by atoms with Crippen molar-refractivity contribution in [3.8, 4) is 0 Å². The molecule has 1 heterocycles. The number of hydrogen-bond donors (Lipinski definition) is 0. The van der Waals surface area contributed by atoms with Gasteiger partial charge < -0.3 is 12.4 Å². The maximum absolute atomic E-state index is 2.41. The van der Waals surface area contributed by atoms with Crippen molar-refractivity contribution in [2.75, 3.05) is 0 Å². The molecule has 190 valence electrons. The van der Waals surface area contributed by atoms with Crippen molar-refractivity contribution in [2.45, 2.75) is 162 Å². The van der Waals surface area contributed by atoms with Crippen molar-refractivity contribution in [3.63, 3.8) is 0 Å². The Labute approximate surface area is 208 Å². The fourth-order valence-corrected chi connectivity index (χ4v) is 4.74. The van der Waals surface area contributed by atoms with Gasteiger partial charge in [0, 0.05) is 0 Å². The van der Waals surface area contributed by atoms with E-state index in [9.17, 15) is 0 Å². The molecule has 32 heavy (non-hydrogen) atoms. The monoisotopic (exact) mass is 468 g/mol.